The topological polar surface area (TPSA) is 54.5 Å². The number of benzene rings is 4. The van der Waals surface area contributed by atoms with E-state index in [9.17, 15) is 13.2 Å². The maximum Gasteiger partial charge on any atom is 0.272 e. The average molecular weight is 416 g/mol. The number of hydrogen-bond donors (Lipinski definition) is 0. The fourth-order valence-electron chi connectivity index (χ4n) is 3.52. The normalized spacial score (nSPS) is 11.4. The number of carbonyl (C=O) groups excluding carboxylic acids is 1. The van der Waals surface area contributed by atoms with Crippen molar-refractivity contribution in [3.63, 3.8) is 0 Å². The highest BCUT2D eigenvalue weighted by Crippen LogP contribution is 2.31. The molecular weight excluding hydrogens is 394 g/mol. The first-order valence-electron chi connectivity index (χ1n) is 9.60. The van der Waals surface area contributed by atoms with Crippen LogP contribution in [0, 0.1) is 13.8 Å². The Balaban J connectivity index is 1.98. The van der Waals surface area contributed by atoms with Gasteiger partial charge in [-0.1, -0.05) is 66.7 Å². The zero-order valence-corrected chi connectivity index (χ0v) is 17.6. The lowest BCUT2D eigenvalue weighted by molar-refractivity contribution is 0.101. The molecule has 0 aliphatic rings. The summed E-state index contributed by atoms with van der Waals surface area (Å²) in [5.74, 6) is -0.579. The van der Waals surface area contributed by atoms with Gasteiger partial charge in [0.2, 0.25) is 0 Å². The van der Waals surface area contributed by atoms with Crippen molar-refractivity contribution in [3.05, 3.63) is 108 Å². The largest absolute Gasteiger partial charge is 0.272 e. The van der Waals surface area contributed by atoms with E-state index in [1.807, 2.05) is 50.2 Å². The van der Waals surface area contributed by atoms with Gasteiger partial charge < -0.3 is 0 Å². The molecule has 0 bridgehead atoms. The van der Waals surface area contributed by atoms with E-state index in [4.69, 9.17) is 0 Å². The number of hydrogen-bond acceptors (Lipinski definition) is 3. The van der Waals surface area contributed by atoms with Crippen LogP contribution in [0.1, 0.15) is 21.5 Å². The van der Waals surface area contributed by atoms with Crippen LogP contribution in [-0.2, 0) is 10.0 Å². The molecule has 150 valence electrons. The highest BCUT2D eigenvalue weighted by Gasteiger charge is 2.33. The minimum atomic E-state index is -4.13. The van der Waals surface area contributed by atoms with E-state index in [0.29, 0.717) is 16.6 Å². The lowest BCUT2D eigenvalue weighted by Gasteiger charge is -2.25. The van der Waals surface area contributed by atoms with Gasteiger partial charge in [0.1, 0.15) is 0 Å². The summed E-state index contributed by atoms with van der Waals surface area (Å²) in [4.78, 5) is 13.9. The van der Waals surface area contributed by atoms with E-state index in [-0.39, 0.29) is 4.90 Å². The van der Waals surface area contributed by atoms with Crippen LogP contribution in [0.5, 0.6) is 0 Å². The van der Waals surface area contributed by atoms with Crippen molar-refractivity contribution in [2.75, 3.05) is 4.31 Å². The summed E-state index contributed by atoms with van der Waals surface area (Å²) in [7, 11) is -4.13. The Labute approximate surface area is 176 Å². The van der Waals surface area contributed by atoms with Crippen LogP contribution in [0.25, 0.3) is 10.8 Å². The number of amides is 1. The third-order valence-corrected chi connectivity index (χ3v) is 6.99. The monoisotopic (exact) mass is 415 g/mol. The first kappa shape index (κ1) is 19.9. The average Bonchev–Trinajstić information content (AvgIpc) is 2.77. The molecule has 0 saturated heterocycles. The molecule has 0 aromatic heterocycles. The van der Waals surface area contributed by atoms with Crippen LogP contribution >= 0.6 is 0 Å². The van der Waals surface area contributed by atoms with E-state index >= 15 is 0 Å². The van der Waals surface area contributed by atoms with Crippen molar-refractivity contribution >= 4 is 32.4 Å². The number of aryl methyl sites for hydroxylation is 1. The molecule has 0 atom stereocenters. The van der Waals surface area contributed by atoms with Gasteiger partial charge in [0.15, 0.2) is 0 Å². The highest BCUT2D eigenvalue weighted by atomic mass is 32.2. The van der Waals surface area contributed by atoms with Crippen LogP contribution in [0.3, 0.4) is 0 Å². The van der Waals surface area contributed by atoms with Crippen molar-refractivity contribution in [1.82, 2.24) is 0 Å². The molecule has 4 aromatic carbocycles. The fraction of sp³-hybridized carbons (Fsp3) is 0.0800. The first-order chi connectivity index (χ1) is 14.4. The maximum absolute atomic E-state index is 13.8. The predicted molar refractivity (Wildman–Crippen MR) is 120 cm³/mol. The number of fused-ring (bicyclic) bond motifs is 1. The van der Waals surface area contributed by atoms with Crippen molar-refractivity contribution in [2.45, 2.75) is 18.7 Å². The van der Waals surface area contributed by atoms with Gasteiger partial charge in [0.25, 0.3) is 15.9 Å². The molecule has 0 aliphatic heterocycles. The molecular formula is C25H21NO3S. The van der Waals surface area contributed by atoms with Crippen LogP contribution in [0.2, 0.25) is 0 Å². The Morgan fingerprint density at radius 2 is 1.37 bits per heavy atom. The highest BCUT2D eigenvalue weighted by molar-refractivity contribution is 7.93. The van der Waals surface area contributed by atoms with Gasteiger partial charge in [-0.25, -0.2) is 8.42 Å². The molecule has 0 spiro atoms. The lowest BCUT2D eigenvalue weighted by Crippen LogP contribution is -2.37. The summed E-state index contributed by atoms with van der Waals surface area (Å²) in [5, 5.41) is 1.59. The SMILES string of the molecule is Cc1cccc(N(C(=O)c2cccc3ccccc23)S(=O)(=O)c2ccccc2)c1C. The Kier molecular flexibility index (Phi) is 5.14. The minimum Gasteiger partial charge on any atom is -0.268 e. The Morgan fingerprint density at radius 1 is 0.733 bits per heavy atom. The van der Waals surface area contributed by atoms with Crippen LogP contribution in [-0.4, -0.2) is 14.3 Å². The summed E-state index contributed by atoms with van der Waals surface area (Å²) >= 11 is 0. The number of rotatable bonds is 4. The first-order valence-corrected chi connectivity index (χ1v) is 11.0. The van der Waals surface area contributed by atoms with E-state index < -0.39 is 15.9 Å². The molecule has 5 heteroatoms. The Hall–Kier alpha value is -3.44. The molecule has 0 unspecified atom stereocenters. The third kappa shape index (κ3) is 3.37. The van der Waals surface area contributed by atoms with E-state index in [2.05, 4.69) is 0 Å². The molecule has 0 radical (unpaired) electrons. The van der Waals surface area contributed by atoms with Gasteiger partial charge in [0.05, 0.1) is 10.6 Å². The number of anilines is 1. The van der Waals surface area contributed by atoms with Crippen LogP contribution < -0.4 is 4.31 Å². The zero-order valence-electron chi connectivity index (χ0n) is 16.7. The number of nitrogens with zero attached hydrogens (tertiary/aromatic N) is 1. The van der Waals surface area contributed by atoms with Crippen molar-refractivity contribution < 1.29 is 13.2 Å². The summed E-state index contributed by atoms with van der Waals surface area (Å²) in [5.41, 5.74) is 2.35. The molecule has 4 aromatic rings. The quantitative estimate of drug-likeness (QED) is 0.443. The molecule has 0 N–H and O–H groups in total. The van der Waals surface area contributed by atoms with Gasteiger partial charge >= 0.3 is 0 Å². The van der Waals surface area contributed by atoms with Gasteiger partial charge in [-0.05, 0) is 60.0 Å². The number of carbonyl (C=O) groups is 1. The number of sulfonamides is 1. The van der Waals surface area contributed by atoms with Gasteiger partial charge in [0, 0.05) is 5.56 Å². The molecule has 0 heterocycles. The molecule has 1 amide bonds. The van der Waals surface area contributed by atoms with Crippen LogP contribution in [0.15, 0.2) is 95.9 Å². The van der Waals surface area contributed by atoms with Gasteiger partial charge in [-0.15, -0.1) is 0 Å². The van der Waals surface area contributed by atoms with Crippen LogP contribution in [0.4, 0.5) is 5.69 Å². The second-order valence-corrected chi connectivity index (χ2v) is 8.92. The second kappa shape index (κ2) is 7.76. The third-order valence-electron chi connectivity index (χ3n) is 5.28. The van der Waals surface area contributed by atoms with Gasteiger partial charge in [-0.3, -0.25) is 4.79 Å². The van der Waals surface area contributed by atoms with E-state index in [0.717, 1.165) is 20.8 Å². The van der Waals surface area contributed by atoms with E-state index in [1.165, 1.54) is 12.1 Å². The maximum atomic E-state index is 13.8. The molecule has 4 rings (SSSR count). The second-order valence-electron chi connectivity index (χ2n) is 7.13. The molecule has 30 heavy (non-hydrogen) atoms. The predicted octanol–water partition coefficient (Wildman–Crippen LogP) is 5.49. The van der Waals surface area contributed by atoms with E-state index in [1.54, 1.807) is 42.5 Å². The van der Waals surface area contributed by atoms with Crippen molar-refractivity contribution in [1.29, 1.82) is 0 Å². The smallest absolute Gasteiger partial charge is 0.268 e. The molecule has 0 aliphatic carbocycles. The molecule has 4 nitrogen and oxygen atoms in total. The minimum absolute atomic E-state index is 0.0690. The summed E-state index contributed by atoms with van der Waals surface area (Å²) in [6.45, 7) is 3.73. The van der Waals surface area contributed by atoms with Crippen molar-refractivity contribution in [2.24, 2.45) is 0 Å². The summed E-state index contributed by atoms with van der Waals surface area (Å²) < 4.78 is 28.2. The molecule has 0 saturated carbocycles. The lowest BCUT2D eigenvalue weighted by atomic mass is 10.0. The summed E-state index contributed by atoms with van der Waals surface area (Å²) in [6, 6.07) is 26.2. The fourth-order valence-corrected chi connectivity index (χ4v) is 5.01. The summed E-state index contributed by atoms with van der Waals surface area (Å²) in [6.07, 6.45) is 0. The Bertz CT molecular complexity index is 1340. The van der Waals surface area contributed by atoms with Crippen molar-refractivity contribution in [3.8, 4) is 0 Å². The zero-order chi connectivity index (χ0) is 21.3. The standard InChI is InChI=1S/C25H21NO3S/c1-18-10-8-17-24(19(18)2)26(30(28,29)21-13-4-3-5-14-21)25(27)23-16-9-12-20-11-6-7-15-22(20)23/h3-17H,1-2H3. The Morgan fingerprint density at radius 3 is 2.13 bits per heavy atom. The molecule has 0 fully saturated rings. The van der Waals surface area contributed by atoms with Gasteiger partial charge in [-0.2, -0.15) is 4.31 Å².